The van der Waals surface area contributed by atoms with Crippen LogP contribution in [0.3, 0.4) is 0 Å². The Morgan fingerprint density at radius 3 is 2.29 bits per heavy atom. The normalized spacial score (nSPS) is 15.9. The van der Waals surface area contributed by atoms with E-state index in [1.165, 1.54) is 57.1 Å². The lowest BCUT2D eigenvalue weighted by Gasteiger charge is -2.20. The van der Waals surface area contributed by atoms with Gasteiger partial charge < -0.3 is 11.1 Å². The number of guanidine groups is 2. The van der Waals surface area contributed by atoms with E-state index in [-0.39, 0.29) is 30.2 Å². The molecule has 1 aliphatic rings. The average molecular weight is 416 g/mol. The van der Waals surface area contributed by atoms with Crippen LogP contribution in [0.5, 0.6) is 0 Å². The lowest BCUT2D eigenvalue weighted by molar-refractivity contribution is 0.529. The van der Waals surface area contributed by atoms with Crippen LogP contribution in [-0.2, 0) is 0 Å². The summed E-state index contributed by atoms with van der Waals surface area (Å²) in [7, 11) is 0. The van der Waals surface area contributed by atoms with E-state index < -0.39 is 11.6 Å². The van der Waals surface area contributed by atoms with Crippen molar-refractivity contribution in [2.45, 2.75) is 77.3 Å². The quantitative estimate of drug-likeness (QED) is 0.428. The van der Waals surface area contributed by atoms with Gasteiger partial charge in [-0.25, -0.2) is 18.8 Å². The molecule has 1 heterocycles. The van der Waals surface area contributed by atoms with Gasteiger partial charge in [0.1, 0.15) is 17.8 Å². The predicted octanol–water partition coefficient (Wildman–Crippen LogP) is 5.32. The van der Waals surface area contributed by atoms with E-state index in [1.807, 2.05) is 0 Å². The van der Waals surface area contributed by atoms with E-state index in [4.69, 9.17) is 5.73 Å². The fraction of sp³-hybridized carbons (Fsp3) is 0.600. The molecule has 0 amide bonds. The maximum Gasteiger partial charge on any atom is 0.204 e. The monoisotopic (exact) mass is 415 g/mol. The van der Waals surface area contributed by atoms with Crippen LogP contribution in [0.1, 0.15) is 71.1 Å². The zero-order chi connectivity index (χ0) is 19.5. The number of hydrogen-bond donors (Lipinski definition) is 3. The summed E-state index contributed by atoms with van der Waals surface area (Å²) in [6.07, 6.45) is 11.8. The van der Waals surface area contributed by atoms with Crippen LogP contribution in [0.2, 0.25) is 0 Å². The van der Waals surface area contributed by atoms with Crippen molar-refractivity contribution in [1.82, 2.24) is 5.32 Å². The van der Waals surface area contributed by atoms with Crippen LogP contribution >= 0.6 is 12.4 Å². The minimum Gasteiger partial charge on any atom is -0.370 e. The van der Waals surface area contributed by atoms with Crippen molar-refractivity contribution in [3.8, 4) is 0 Å². The number of nitrogens with one attached hydrogen (secondary N) is 2. The largest absolute Gasteiger partial charge is 0.370 e. The third-order valence-electron chi connectivity index (χ3n) is 4.56. The van der Waals surface area contributed by atoms with Crippen LogP contribution in [0.4, 0.5) is 14.5 Å². The molecule has 0 saturated heterocycles. The predicted molar refractivity (Wildman–Crippen MR) is 115 cm³/mol. The first-order valence-electron chi connectivity index (χ1n) is 9.98. The van der Waals surface area contributed by atoms with E-state index in [2.05, 4.69) is 27.5 Å². The van der Waals surface area contributed by atoms with E-state index in [0.717, 1.165) is 25.3 Å². The van der Waals surface area contributed by atoms with Gasteiger partial charge in [-0.2, -0.15) is 0 Å². The Hall–Kier alpha value is -1.89. The van der Waals surface area contributed by atoms with Crippen molar-refractivity contribution in [1.29, 1.82) is 0 Å². The molecule has 28 heavy (non-hydrogen) atoms. The SMILES string of the molecule is CCCCCCCCCCCC1N=C(N)NC(Nc2ccc(F)cc2F)=N1.Cl. The zero-order valence-corrected chi connectivity index (χ0v) is 17.3. The summed E-state index contributed by atoms with van der Waals surface area (Å²) in [5, 5.41) is 5.59. The molecule has 1 atom stereocenters. The third kappa shape index (κ3) is 8.87. The first-order chi connectivity index (χ1) is 13.1. The van der Waals surface area contributed by atoms with Crippen LogP contribution in [0.15, 0.2) is 28.2 Å². The second-order valence-electron chi connectivity index (χ2n) is 6.96. The highest BCUT2D eigenvalue weighted by molar-refractivity contribution is 6.05. The Morgan fingerprint density at radius 2 is 1.64 bits per heavy atom. The molecule has 1 unspecified atom stereocenters. The first-order valence-corrected chi connectivity index (χ1v) is 9.98. The topological polar surface area (TPSA) is 74.8 Å². The van der Waals surface area contributed by atoms with Gasteiger partial charge >= 0.3 is 0 Å². The number of nitrogens with two attached hydrogens (primary N) is 1. The summed E-state index contributed by atoms with van der Waals surface area (Å²) in [6, 6.07) is 3.33. The van der Waals surface area contributed by atoms with Gasteiger partial charge in [0.15, 0.2) is 5.96 Å². The minimum atomic E-state index is -0.684. The van der Waals surface area contributed by atoms with Gasteiger partial charge in [-0.05, 0) is 25.0 Å². The molecule has 4 N–H and O–H groups in total. The van der Waals surface area contributed by atoms with Crippen LogP contribution in [0, 0.1) is 11.6 Å². The van der Waals surface area contributed by atoms with E-state index in [1.54, 1.807) is 0 Å². The molecule has 0 fully saturated rings. The standard InChI is InChI=1S/C20H31F2N5.ClH/c1-2-3-4-5-6-7-8-9-10-11-18-25-19(23)27-20(26-18)24-17-13-12-15(21)14-16(17)22;/h12-14,18H,2-11H2,1H3,(H4,23,24,25,26,27);1H. The number of halogens is 3. The van der Waals surface area contributed by atoms with Crippen LogP contribution in [-0.4, -0.2) is 18.1 Å². The van der Waals surface area contributed by atoms with E-state index in [0.29, 0.717) is 5.96 Å². The fourth-order valence-corrected chi connectivity index (χ4v) is 3.07. The molecule has 158 valence electrons. The van der Waals surface area contributed by atoms with Gasteiger partial charge in [0, 0.05) is 6.07 Å². The molecule has 0 saturated carbocycles. The van der Waals surface area contributed by atoms with Gasteiger partial charge in [-0.1, -0.05) is 58.3 Å². The molecule has 1 aromatic carbocycles. The fourth-order valence-electron chi connectivity index (χ4n) is 3.07. The Labute approximate surface area is 172 Å². The van der Waals surface area contributed by atoms with Crippen molar-refractivity contribution in [2.75, 3.05) is 5.32 Å². The van der Waals surface area contributed by atoms with E-state index >= 15 is 0 Å². The molecule has 0 aliphatic carbocycles. The van der Waals surface area contributed by atoms with Gasteiger partial charge in [0.25, 0.3) is 0 Å². The second-order valence-corrected chi connectivity index (χ2v) is 6.96. The number of rotatable bonds is 11. The van der Waals surface area contributed by atoms with Crippen molar-refractivity contribution in [3.63, 3.8) is 0 Å². The molecule has 1 aromatic rings. The Balaban J connectivity index is 0.00000392. The molecule has 1 aliphatic heterocycles. The summed E-state index contributed by atoms with van der Waals surface area (Å²) >= 11 is 0. The number of unbranched alkanes of at least 4 members (excludes halogenated alkanes) is 8. The zero-order valence-electron chi connectivity index (χ0n) is 16.5. The number of hydrogen-bond acceptors (Lipinski definition) is 5. The molecule has 2 rings (SSSR count). The molecule has 8 heteroatoms. The summed E-state index contributed by atoms with van der Waals surface area (Å²) in [4.78, 5) is 8.71. The van der Waals surface area contributed by atoms with Crippen LogP contribution in [0.25, 0.3) is 0 Å². The first kappa shape index (κ1) is 24.1. The highest BCUT2D eigenvalue weighted by Gasteiger charge is 2.16. The number of benzene rings is 1. The maximum absolute atomic E-state index is 13.8. The summed E-state index contributed by atoms with van der Waals surface area (Å²) in [5.41, 5.74) is 5.94. The summed E-state index contributed by atoms with van der Waals surface area (Å²) in [5.74, 6) is -0.734. The van der Waals surface area contributed by atoms with Crippen LogP contribution < -0.4 is 16.4 Å². The molecule has 5 nitrogen and oxygen atoms in total. The minimum absolute atomic E-state index is 0. The Kier molecular flexibility index (Phi) is 11.5. The third-order valence-corrected chi connectivity index (χ3v) is 4.56. The van der Waals surface area contributed by atoms with E-state index in [9.17, 15) is 8.78 Å². The molecule has 0 aromatic heterocycles. The van der Waals surface area contributed by atoms with Gasteiger partial charge in [0.2, 0.25) is 5.96 Å². The van der Waals surface area contributed by atoms with Gasteiger partial charge in [0.05, 0.1) is 5.69 Å². The van der Waals surface area contributed by atoms with Gasteiger partial charge in [-0.3, -0.25) is 5.32 Å². The smallest absolute Gasteiger partial charge is 0.204 e. The van der Waals surface area contributed by atoms with Crippen molar-refractivity contribution >= 4 is 30.0 Å². The molecule has 0 bridgehead atoms. The molecule has 0 spiro atoms. The maximum atomic E-state index is 13.8. The number of anilines is 1. The highest BCUT2D eigenvalue weighted by atomic mass is 35.5. The van der Waals surface area contributed by atoms with Crippen molar-refractivity contribution in [2.24, 2.45) is 15.7 Å². The molecule has 0 radical (unpaired) electrons. The lowest BCUT2D eigenvalue weighted by atomic mass is 10.1. The molecular formula is C20H32ClF2N5. The Bertz CT molecular complexity index is 651. The van der Waals surface area contributed by atoms with Crippen molar-refractivity contribution in [3.05, 3.63) is 29.8 Å². The lowest BCUT2D eigenvalue weighted by Crippen LogP contribution is -2.45. The second kappa shape index (κ2) is 13.3. The number of aliphatic imine (C=N–C) groups is 2. The van der Waals surface area contributed by atoms with Gasteiger partial charge in [-0.15, -0.1) is 12.4 Å². The highest BCUT2D eigenvalue weighted by Crippen LogP contribution is 2.17. The summed E-state index contributed by atoms with van der Waals surface area (Å²) in [6.45, 7) is 2.23. The number of nitrogens with zero attached hydrogens (tertiary/aromatic N) is 2. The average Bonchev–Trinajstić information content (AvgIpc) is 2.62. The molecular weight excluding hydrogens is 384 g/mol. The van der Waals surface area contributed by atoms with Crippen molar-refractivity contribution < 1.29 is 8.78 Å². The Morgan fingerprint density at radius 1 is 1.00 bits per heavy atom. The summed E-state index contributed by atoms with van der Waals surface area (Å²) < 4.78 is 26.8.